The smallest absolute Gasteiger partial charge is 0.225 e. The quantitative estimate of drug-likeness (QED) is 0.640. The summed E-state index contributed by atoms with van der Waals surface area (Å²) in [7, 11) is 0. The second-order valence-corrected chi connectivity index (χ2v) is 3.72. The molecule has 0 unspecified atom stereocenters. The molecule has 3 nitrogen and oxygen atoms in total. The molecule has 1 aliphatic heterocycles. The average Bonchev–Trinajstić information content (AvgIpc) is 2.44. The number of nitrogens with one attached hydrogen (secondary N) is 1. The molecule has 2 heterocycles. The first-order chi connectivity index (χ1) is 5.77. The summed E-state index contributed by atoms with van der Waals surface area (Å²) < 4.78 is 0. The molecule has 4 heteroatoms. The van der Waals surface area contributed by atoms with Gasteiger partial charge in [0.05, 0.1) is 6.10 Å². The Morgan fingerprint density at radius 3 is 3.33 bits per heavy atom. The van der Waals surface area contributed by atoms with Crippen LogP contribution in [-0.2, 0) is 4.79 Å². The molecule has 1 atom stereocenters. The fourth-order valence-corrected chi connectivity index (χ4v) is 2.16. The summed E-state index contributed by atoms with van der Waals surface area (Å²) in [4.78, 5) is 11.1. The number of hydrogen-bond acceptors (Lipinski definition) is 3. The first kappa shape index (κ1) is 7.76. The van der Waals surface area contributed by atoms with Gasteiger partial charge < -0.3 is 10.4 Å². The van der Waals surface area contributed by atoms with Crippen LogP contribution in [0.25, 0.3) is 0 Å². The maximum atomic E-state index is 11.1. The van der Waals surface area contributed by atoms with Crippen molar-refractivity contribution in [2.75, 3.05) is 5.32 Å². The van der Waals surface area contributed by atoms with Gasteiger partial charge in [-0.15, -0.1) is 11.3 Å². The van der Waals surface area contributed by atoms with E-state index in [1.54, 1.807) is 0 Å². The molecule has 1 aliphatic rings. The fourth-order valence-electron chi connectivity index (χ4n) is 1.30. The molecule has 1 amide bonds. The molecule has 0 spiro atoms. The van der Waals surface area contributed by atoms with Crippen LogP contribution in [0.4, 0.5) is 5.00 Å². The van der Waals surface area contributed by atoms with Crippen LogP contribution in [0.5, 0.6) is 0 Å². The Hall–Kier alpha value is -0.870. The molecule has 2 N–H and O–H groups in total. The van der Waals surface area contributed by atoms with Gasteiger partial charge in [0, 0.05) is 12.0 Å². The lowest BCUT2D eigenvalue weighted by Gasteiger charge is -2.04. The van der Waals surface area contributed by atoms with Crippen LogP contribution in [0.15, 0.2) is 11.4 Å². The molecule has 1 aromatic rings. The van der Waals surface area contributed by atoms with E-state index in [2.05, 4.69) is 5.32 Å². The van der Waals surface area contributed by atoms with Gasteiger partial charge in [0.15, 0.2) is 0 Å². The van der Waals surface area contributed by atoms with Crippen LogP contribution in [0, 0.1) is 0 Å². The molecular weight excluding hydrogens is 174 g/mol. The lowest BCUT2D eigenvalue weighted by Crippen LogP contribution is -2.07. The molecule has 0 saturated carbocycles. The molecule has 0 aromatic carbocycles. The van der Waals surface area contributed by atoms with Crippen molar-refractivity contribution in [3.63, 3.8) is 0 Å². The van der Waals surface area contributed by atoms with Crippen LogP contribution in [0.1, 0.15) is 24.5 Å². The summed E-state index contributed by atoms with van der Waals surface area (Å²) in [6.07, 6.45) is 0.447. The van der Waals surface area contributed by atoms with Crippen molar-refractivity contribution < 1.29 is 9.90 Å². The van der Waals surface area contributed by atoms with Crippen LogP contribution in [-0.4, -0.2) is 11.0 Å². The van der Waals surface area contributed by atoms with Gasteiger partial charge in [-0.3, -0.25) is 4.79 Å². The summed E-state index contributed by atoms with van der Waals surface area (Å²) in [5, 5.41) is 15.0. The fraction of sp³-hybridized carbons (Fsp3) is 0.375. The number of amides is 1. The van der Waals surface area contributed by atoms with Gasteiger partial charge in [0.25, 0.3) is 0 Å². The van der Waals surface area contributed by atoms with Crippen molar-refractivity contribution in [2.45, 2.75) is 18.9 Å². The Labute approximate surface area is 74.0 Å². The van der Waals surface area contributed by atoms with Crippen molar-refractivity contribution in [2.24, 2.45) is 0 Å². The molecule has 0 bridgehead atoms. The third-order valence-corrected chi connectivity index (χ3v) is 2.80. The highest BCUT2D eigenvalue weighted by Gasteiger charge is 2.20. The zero-order chi connectivity index (χ0) is 8.55. The first-order valence-electron chi connectivity index (χ1n) is 3.82. The highest BCUT2D eigenvalue weighted by atomic mass is 32.1. The maximum absolute atomic E-state index is 11.1. The Kier molecular flexibility index (Phi) is 1.86. The Balaban J connectivity index is 2.38. The minimum atomic E-state index is -0.481. The summed E-state index contributed by atoms with van der Waals surface area (Å²) in [6, 6.07) is 1.86. The first-order valence-corrected chi connectivity index (χ1v) is 4.70. The summed E-state index contributed by atoms with van der Waals surface area (Å²) in [5.41, 5.74) is 0.853. The summed E-state index contributed by atoms with van der Waals surface area (Å²) in [6.45, 7) is 0. The molecule has 0 aliphatic carbocycles. The third kappa shape index (κ3) is 1.23. The lowest BCUT2D eigenvalue weighted by molar-refractivity contribution is -0.116. The molecule has 0 fully saturated rings. The molecule has 1 aromatic heterocycles. The van der Waals surface area contributed by atoms with Crippen molar-refractivity contribution in [1.29, 1.82) is 0 Å². The number of aliphatic hydroxyl groups is 1. The Morgan fingerprint density at radius 2 is 2.50 bits per heavy atom. The highest BCUT2D eigenvalue weighted by Crippen LogP contribution is 2.33. The van der Waals surface area contributed by atoms with E-state index < -0.39 is 6.10 Å². The normalized spacial score (nSPS) is 22.8. The molecular formula is C8H9NO2S. The van der Waals surface area contributed by atoms with Crippen molar-refractivity contribution in [3.8, 4) is 0 Å². The number of thiophene rings is 1. The number of hydrogen-bond donors (Lipinski definition) is 2. The number of rotatable bonds is 0. The second kappa shape index (κ2) is 2.88. The van der Waals surface area contributed by atoms with E-state index in [0.717, 1.165) is 10.6 Å². The molecule has 2 rings (SSSR count). The highest BCUT2D eigenvalue weighted by molar-refractivity contribution is 7.14. The van der Waals surface area contributed by atoms with Crippen LogP contribution in [0.2, 0.25) is 0 Å². The Bertz CT molecular complexity index is 308. The minimum absolute atomic E-state index is 0.00440. The van der Waals surface area contributed by atoms with E-state index in [1.807, 2.05) is 11.4 Å². The minimum Gasteiger partial charge on any atom is -0.388 e. The topological polar surface area (TPSA) is 49.3 Å². The monoisotopic (exact) mass is 183 g/mol. The predicted octanol–water partition coefficient (Wildman–Crippen LogP) is 1.51. The molecule has 12 heavy (non-hydrogen) atoms. The lowest BCUT2D eigenvalue weighted by atomic mass is 10.1. The van der Waals surface area contributed by atoms with Gasteiger partial charge >= 0.3 is 0 Å². The van der Waals surface area contributed by atoms with Gasteiger partial charge in [-0.25, -0.2) is 0 Å². The largest absolute Gasteiger partial charge is 0.388 e. The van der Waals surface area contributed by atoms with E-state index >= 15 is 0 Å². The van der Waals surface area contributed by atoms with Gasteiger partial charge in [0.1, 0.15) is 5.00 Å². The van der Waals surface area contributed by atoms with E-state index in [9.17, 15) is 9.90 Å². The number of aliphatic hydroxyl groups excluding tert-OH is 1. The van der Waals surface area contributed by atoms with Crippen molar-refractivity contribution in [3.05, 3.63) is 17.0 Å². The van der Waals surface area contributed by atoms with Crippen LogP contribution >= 0.6 is 11.3 Å². The maximum Gasteiger partial charge on any atom is 0.225 e. The number of anilines is 1. The van der Waals surface area contributed by atoms with Gasteiger partial charge in [0.2, 0.25) is 5.91 Å². The van der Waals surface area contributed by atoms with E-state index in [0.29, 0.717) is 12.8 Å². The molecule has 64 valence electrons. The van der Waals surface area contributed by atoms with Crippen molar-refractivity contribution >= 4 is 22.2 Å². The number of carbonyl (C=O) groups excluding carboxylic acids is 1. The number of fused-ring (bicyclic) bond motifs is 1. The average molecular weight is 183 g/mol. The predicted molar refractivity (Wildman–Crippen MR) is 47.1 cm³/mol. The van der Waals surface area contributed by atoms with E-state index in [1.165, 1.54) is 11.3 Å². The van der Waals surface area contributed by atoms with Crippen LogP contribution in [0.3, 0.4) is 0 Å². The zero-order valence-corrected chi connectivity index (χ0v) is 7.23. The van der Waals surface area contributed by atoms with Crippen molar-refractivity contribution in [1.82, 2.24) is 0 Å². The summed E-state index contributed by atoms with van der Waals surface area (Å²) in [5.74, 6) is -0.00440. The standard InChI is InChI=1S/C8H9NO2S/c10-6-1-2-7(11)9-8-5(6)3-4-12-8/h3-4,6,10H,1-2H2,(H,9,11)/t6-/m1/s1. The van der Waals surface area contributed by atoms with E-state index in [-0.39, 0.29) is 5.91 Å². The van der Waals surface area contributed by atoms with E-state index in [4.69, 9.17) is 0 Å². The third-order valence-electron chi connectivity index (χ3n) is 1.95. The summed E-state index contributed by atoms with van der Waals surface area (Å²) >= 11 is 1.45. The zero-order valence-electron chi connectivity index (χ0n) is 6.41. The van der Waals surface area contributed by atoms with Gasteiger partial charge in [-0.2, -0.15) is 0 Å². The molecule has 0 saturated heterocycles. The van der Waals surface area contributed by atoms with Gasteiger partial charge in [-0.05, 0) is 17.9 Å². The second-order valence-electron chi connectivity index (χ2n) is 2.81. The Morgan fingerprint density at radius 1 is 1.67 bits per heavy atom. The SMILES string of the molecule is O=C1CC[C@@H](O)c2ccsc2N1. The number of carbonyl (C=O) groups is 1. The van der Waals surface area contributed by atoms with Gasteiger partial charge in [-0.1, -0.05) is 0 Å². The molecule has 0 radical (unpaired) electrons. The van der Waals surface area contributed by atoms with Crippen LogP contribution < -0.4 is 5.32 Å².